The number of aryl methyl sites for hydroxylation is 1. The Balaban J connectivity index is 1.62. The Morgan fingerprint density at radius 1 is 1.22 bits per heavy atom. The summed E-state index contributed by atoms with van der Waals surface area (Å²) in [5, 5.41) is 25.6. The zero-order valence-electron chi connectivity index (χ0n) is 20.8. The SMILES string of the molecule is C=CCn1c(SCC(=O)Nc2ccc(C)c([N+](=O)[O-])c2)nnc1[C@H](C)NC(=O)Cc1ccc(OC)cc1. The number of nitrogens with one attached hydrogen (secondary N) is 2. The molecule has 0 saturated heterocycles. The molecule has 1 aromatic heterocycles. The molecule has 0 saturated carbocycles. The van der Waals surface area contributed by atoms with E-state index in [1.54, 1.807) is 55.9 Å². The first-order chi connectivity index (χ1) is 17.7. The quantitative estimate of drug-likeness (QED) is 0.158. The highest BCUT2D eigenvalue weighted by atomic mass is 32.2. The predicted molar refractivity (Wildman–Crippen MR) is 141 cm³/mol. The first-order valence-electron chi connectivity index (χ1n) is 11.4. The number of amides is 2. The van der Waals surface area contributed by atoms with Crippen LogP contribution in [0.3, 0.4) is 0 Å². The number of benzene rings is 2. The molecule has 0 spiro atoms. The number of methoxy groups -OCH3 is 1. The molecule has 0 unspecified atom stereocenters. The highest BCUT2D eigenvalue weighted by Crippen LogP contribution is 2.24. The van der Waals surface area contributed by atoms with E-state index >= 15 is 0 Å². The van der Waals surface area contributed by atoms with Gasteiger partial charge in [-0.2, -0.15) is 0 Å². The lowest BCUT2D eigenvalue weighted by atomic mass is 10.1. The van der Waals surface area contributed by atoms with Crippen LogP contribution in [-0.2, 0) is 22.6 Å². The molecule has 3 aromatic rings. The van der Waals surface area contributed by atoms with Gasteiger partial charge in [-0.3, -0.25) is 19.7 Å². The lowest BCUT2D eigenvalue weighted by molar-refractivity contribution is -0.385. The molecule has 0 radical (unpaired) electrons. The van der Waals surface area contributed by atoms with Crippen LogP contribution in [0.4, 0.5) is 11.4 Å². The Bertz CT molecular complexity index is 1290. The van der Waals surface area contributed by atoms with Crippen LogP contribution < -0.4 is 15.4 Å². The molecule has 11 nitrogen and oxygen atoms in total. The van der Waals surface area contributed by atoms with Gasteiger partial charge in [-0.1, -0.05) is 36.0 Å². The van der Waals surface area contributed by atoms with Crippen molar-refractivity contribution in [2.45, 2.75) is 38.0 Å². The van der Waals surface area contributed by atoms with Gasteiger partial charge in [0.15, 0.2) is 11.0 Å². The maximum Gasteiger partial charge on any atom is 0.274 e. The summed E-state index contributed by atoms with van der Waals surface area (Å²) in [6.45, 7) is 7.59. The second-order valence-electron chi connectivity index (χ2n) is 8.15. The van der Waals surface area contributed by atoms with Crippen molar-refractivity contribution >= 4 is 35.0 Å². The van der Waals surface area contributed by atoms with E-state index in [1.807, 2.05) is 12.1 Å². The fourth-order valence-electron chi connectivity index (χ4n) is 3.52. The molecule has 0 aliphatic carbocycles. The van der Waals surface area contributed by atoms with Gasteiger partial charge in [-0.15, -0.1) is 16.8 Å². The smallest absolute Gasteiger partial charge is 0.274 e. The van der Waals surface area contributed by atoms with Crippen LogP contribution >= 0.6 is 11.8 Å². The summed E-state index contributed by atoms with van der Waals surface area (Å²) in [5.41, 5.74) is 1.63. The molecule has 2 amide bonds. The number of hydrogen-bond acceptors (Lipinski definition) is 8. The van der Waals surface area contributed by atoms with Gasteiger partial charge in [-0.05, 0) is 37.6 Å². The van der Waals surface area contributed by atoms with Crippen LogP contribution in [0.5, 0.6) is 5.75 Å². The standard InChI is InChI=1S/C25H28N6O5S/c1-5-12-30-24(17(3)26-22(32)13-18-7-10-20(36-4)11-8-18)28-29-25(30)37-15-23(33)27-19-9-6-16(2)21(14-19)31(34)35/h5-11,14,17H,1,12-13,15H2,2-4H3,(H,26,32)(H,27,33)/t17-/m0/s1. The number of hydrogen-bond donors (Lipinski definition) is 2. The van der Waals surface area contributed by atoms with Crippen molar-refractivity contribution in [2.75, 3.05) is 18.2 Å². The third-order valence-corrected chi connectivity index (χ3v) is 6.33. The Labute approximate surface area is 218 Å². The van der Waals surface area contributed by atoms with E-state index in [9.17, 15) is 19.7 Å². The third-order valence-electron chi connectivity index (χ3n) is 5.37. The fraction of sp³-hybridized carbons (Fsp3) is 0.280. The average molecular weight is 525 g/mol. The largest absolute Gasteiger partial charge is 0.497 e. The molecule has 3 rings (SSSR count). The third kappa shape index (κ3) is 7.40. The number of carbonyl (C=O) groups excluding carboxylic acids is 2. The van der Waals surface area contributed by atoms with Crippen LogP contribution in [0.25, 0.3) is 0 Å². The van der Waals surface area contributed by atoms with Gasteiger partial charge < -0.3 is 19.9 Å². The number of allylic oxidation sites excluding steroid dienone is 1. The summed E-state index contributed by atoms with van der Waals surface area (Å²) >= 11 is 1.16. The van der Waals surface area contributed by atoms with Crippen molar-refractivity contribution in [3.05, 3.63) is 82.2 Å². The predicted octanol–water partition coefficient (Wildman–Crippen LogP) is 3.84. The number of carbonyl (C=O) groups is 2. The second kappa shape index (κ2) is 12.7. The topological polar surface area (TPSA) is 141 Å². The fourth-order valence-corrected chi connectivity index (χ4v) is 4.28. The lowest BCUT2D eigenvalue weighted by Gasteiger charge is -2.15. The first-order valence-corrected chi connectivity index (χ1v) is 12.3. The van der Waals surface area contributed by atoms with Gasteiger partial charge in [0.25, 0.3) is 5.69 Å². The van der Waals surface area contributed by atoms with Gasteiger partial charge >= 0.3 is 0 Å². The number of nitrogens with zero attached hydrogens (tertiary/aromatic N) is 4. The number of nitro groups is 1. The van der Waals surface area contributed by atoms with Crippen LogP contribution in [0.2, 0.25) is 0 Å². The Hall–Kier alpha value is -4.19. The van der Waals surface area contributed by atoms with Crippen molar-refractivity contribution in [3.8, 4) is 5.75 Å². The van der Waals surface area contributed by atoms with Crippen molar-refractivity contribution in [1.82, 2.24) is 20.1 Å². The molecule has 2 aromatic carbocycles. The summed E-state index contributed by atoms with van der Waals surface area (Å²) in [7, 11) is 1.58. The molecule has 0 bridgehead atoms. The molecule has 1 atom stereocenters. The molecule has 194 valence electrons. The van der Waals surface area contributed by atoms with Crippen LogP contribution in [-0.4, -0.2) is 44.4 Å². The Morgan fingerprint density at radius 3 is 2.59 bits per heavy atom. The van der Waals surface area contributed by atoms with Gasteiger partial charge in [0.2, 0.25) is 11.8 Å². The van der Waals surface area contributed by atoms with Crippen molar-refractivity contribution < 1.29 is 19.2 Å². The summed E-state index contributed by atoms with van der Waals surface area (Å²) < 4.78 is 6.92. The molecule has 0 aliphatic rings. The summed E-state index contributed by atoms with van der Waals surface area (Å²) in [5.74, 6) is 0.731. The van der Waals surface area contributed by atoms with Crippen LogP contribution in [0.15, 0.2) is 60.3 Å². The minimum absolute atomic E-state index is 0.00909. The minimum Gasteiger partial charge on any atom is -0.497 e. The molecular formula is C25H28N6O5S. The number of rotatable bonds is 12. The molecule has 12 heteroatoms. The van der Waals surface area contributed by atoms with Crippen molar-refractivity contribution in [1.29, 1.82) is 0 Å². The van der Waals surface area contributed by atoms with E-state index in [1.165, 1.54) is 6.07 Å². The molecule has 0 fully saturated rings. The first kappa shape index (κ1) is 27.4. The number of nitro benzene ring substituents is 1. The second-order valence-corrected chi connectivity index (χ2v) is 9.09. The maximum atomic E-state index is 12.6. The Morgan fingerprint density at radius 2 is 1.95 bits per heavy atom. The number of ether oxygens (including phenoxy) is 1. The number of anilines is 1. The lowest BCUT2D eigenvalue weighted by Crippen LogP contribution is -2.30. The summed E-state index contributed by atoms with van der Waals surface area (Å²) in [6, 6.07) is 11.3. The highest BCUT2D eigenvalue weighted by molar-refractivity contribution is 7.99. The van der Waals surface area contributed by atoms with E-state index in [0.29, 0.717) is 34.5 Å². The van der Waals surface area contributed by atoms with E-state index in [2.05, 4.69) is 27.4 Å². The zero-order chi connectivity index (χ0) is 26.9. The highest BCUT2D eigenvalue weighted by Gasteiger charge is 2.20. The monoisotopic (exact) mass is 524 g/mol. The summed E-state index contributed by atoms with van der Waals surface area (Å²) in [4.78, 5) is 35.7. The molecular weight excluding hydrogens is 496 g/mol. The van der Waals surface area contributed by atoms with E-state index in [-0.39, 0.29) is 29.7 Å². The van der Waals surface area contributed by atoms with Gasteiger partial charge in [-0.25, -0.2) is 0 Å². The van der Waals surface area contributed by atoms with Gasteiger partial charge in [0, 0.05) is 23.9 Å². The summed E-state index contributed by atoms with van der Waals surface area (Å²) in [6.07, 6.45) is 1.87. The molecule has 2 N–H and O–H groups in total. The van der Waals surface area contributed by atoms with Gasteiger partial charge in [0.1, 0.15) is 5.75 Å². The van der Waals surface area contributed by atoms with Gasteiger partial charge in [0.05, 0.1) is 30.2 Å². The minimum atomic E-state index is -0.490. The average Bonchev–Trinajstić information content (AvgIpc) is 3.27. The van der Waals surface area contributed by atoms with E-state index < -0.39 is 11.0 Å². The molecule has 0 aliphatic heterocycles. The van der Waals surface area contributed by atoms with Crippen LogP contribution in [0, 0.1) is 17.0 Å². The van der Waals surface area contributed by atoms with E-state index in [4.69, 9.17) is 4.74 Å². The van der Waals surface area contributed by atoms with Crippen LogP contribution in [0.1, 0.15) is 29.9 Å². The number of thioether (sulfide) groups is 1. The van der Waals surface area contributed by atoms with Crippen molar-refractivity contribution in [2.24, 2.45) is 0 Å². The number of aromatic nitrogens is 3. The molecule has 37 heavy (non-hydrogen) atoms. The molecule has 1 heterocycles. The van der Waals surface area contributed by atoms with E-state index in [0.717, 1.165) is 17.3 Å². The zero-order valence-corrected chi connectivity index (χ0v) is 21.6. The Kier molecular flexibility index (Phi) is 9.39. The normalized spacial score (nSPS) is 11.4. The van der Waals surface area contributed by atoms with Crippen molar-refractivity contribution in [3.63, 3.8) is 0 Å². The maximum absolute atomic E-state index is 12.6.